The standard InChI is InChI=1S/C68H75ClN10O10S/c1-68(2)29-25-49(56(41-68)46-15-17-50(69)18-16-46)44-76-34-36-77(37-35-76)51-19-21-54(60(39-51)89-52-38-48-26-30-70-63(48)72-43-52)64(81)74-90(87,88)53-20-22-57(59(40-53)79(85)86)71-42-45-27-32-75(33-28-45)31-10-8-6-4-3-5-7-9-12-47-13-11-14-55-62(47)67(84)78(66(55)83)58-23-24-61(80)73-65(58)82/h11,13-22,26,30,38-40,43,45,58,71H,3-8,10,23-25,27-29,31-37,41-42,44H2,1-2H3,(H,70,72)(H,74,81)(H,73,80,82). The number of amides is 5. The molecule has 0 bridgehead atoms. The minimum atomic E-state index is -4.62. The van der Waals surface area contributed by atoms with Crippen molar-refractivity contribution >= 4 is 84.8 Å². The van der Waals surface area contributed by atoms with E-state index in [0.29, 0.717) is 43.0 Å². The largest absolute Gasteiger partial charge is 0.455 e. The highest BCUT2D eigenvalue weighted by Gasteiger charge is 2.45. The zero-order valence-electron chi connectivity index (χ0n) is 50.8. The second kappa shape index (κ2) is 27.8. The van der Waals surface area contributed by atoms with Gasteiger partial charge in [0.05, 0.1) is 32.7 Å². The first-order valence-corrected chi connectivity index (χ1v) is 33.1. The summed E-state index contributed by atoms with van der Waals surface area (Å²) in [7, 11) is -4.62. The summed E-state index contributed by atoms with van der Waals surface area (Å²) >= 11 is 6.27. The maximum atomic E-state index is 14.2. The van der Waals surface area contributed by atoms with E-state index >= 15 is 0 Å². The molecule has 1 aliphatic carbocycles. The van der Waals surface area contributed by atoms with Gasteiger partial charge in [-0.2, -0.15) is 0 Å². The molecular formula is C68H75ClN10O10S. The number of nitro groups is 1. The van der Waals surface area contributed by atoms with Crippen LogP contribution in [-0.2, 0) is 19.6 Å². The van der Waals surface area contributed by atoms with Crippen LogP contribution in [0.4, 0.5) is 17.1 Å². The first-order chi connectivity index (χ1) is 43.4. The van der Waals surface area contributed by atoms with Crippen molar-refractivity contribution in [1.82, 2.24) is 34.7 Å². The van der Waals surface area contributed by atoms with Gasteiger partial charge in [0.1, 0.15) is 28.9 Å². The van der Waals surface area contributed by atoms with E-state index in [4.69, 9.17) is 16.3 Å². The quantitative estimate of drug-likeness (QED) is 0.0162. The first-order valence-electron chi connectivity index (χ1n) is 31.2. The number of unbranched alkanes of at least 4 members (excludes halogenated alkanes) is 6. The number of carbonyl (C=O) groups is 5. The fourth-order valence-corrected chi connectivity index (χ4v) is 14.0. The van der Waals surface area contributed by atoms with E-state index in [-0.39, 0.29) is 52.3 Å². The Morgan fingerprint density at radius 3 is 2.39 bits per heavy atom. The average Bonchev–Trinajstić information content (AvgIpc) is 1.72. The van der Waals surface area contributed by atoms with Gasteiger partial charge in [0, 0.05) is 92.1 Å². The van der Waals surface area contributed by atoms with Gasteiger partial charge < -0.3 is 24.8 Å². The Hall–Kier alpha value is -8.42. The smallest absolute Gasteiger partial charge is 0.293 e. The number of anilines is 2. The molecule has 6 aromatic rings. The summed E-state index contributed by atoms with van der Waals surface area (Å²) in [6.07, 6.45) is 15.3. The minimum Gasteiger partial charge on any atom is -0.455 e. The van der Waals surface area contributed by atoms with Crippen molar-refractivity contribution in [2.75, 3.05) is 69.1 Å². The summed E-state index contributed by atoms with van der Waals surface area (Å²) in [5, 5.41) is 19.4. The van der Waals surface area contributed by atoms with Crippen molar-refractivity contribution in [2.24, 2.45) is 11.3 Å². The molecule has 0 spiro atoms. The minimum absolute atomic E-state index is 0.0527. The second-order valence-electron chi connectivity index (χ2n) is 24.9. The van der Waals surface area contributed by atoms with Crippen LogP contribution in [0.25, 0.3) is 16.6 Å². The van der Waals surface area contributed by atoms with Gasteiger partial charge in [-0.15, -0.1) is 0 Å². The molecule has 3 fully saturated rings. The zero-order chi connectivity index (χ0) is 63.1. The highest BCUT2D eigenvalue weighted by atomic mass is 35.5. The lowest BCUT2D eigenvalue weighted by Crippen LogP contribution is -2.54. The molecule has 90 heavy (non-hydrogen) atoms. The van der Waals surface area contributed by atoms with Gasteiger partial charge in [-0.3, -0.25) is 49.2 Å². The van der Waals surface area contributed by atoms with Gasteiger partial charge in [-0.25, -0.2) is 18.1 Å². The third kappa shape index (κ3) is 14.9. The highest BCUT2D eigenvalue weighted by molar-refractivity contribution is 7.90. The summed E-state index contributed by atoms with van der Waals surface area (Å²) in [4.78, 5) is 91.8. The summed E-state index contributed by atoms with van der Waals surface area (Å²) in [6, 6.07) is 24.4. The number of hydrogen-bond donors (Lipinski definition) is 4. The molecule has 0 radical (unpaired) electrons. The van der Waals surface area contributed by atoms with Crippen LogP contribution in [0.5, 0.6) is 11.5 Å². The van der Waals surface area contributed by atoms with Gasteiger partial charge in [0.2, 0.25) is 11.8 Å². The van der Waals surface area contributed by atoms with Crippen LogP contribution in [-0.4, -0.2) is 132 Å². The molecule has 6 heterocycles. The van der Waals surface area contributed by atoms with E-state index in [9.17, 15) is 42.5 Å². The number of halogens is 1. The monoisotopic (exact) mass is 1260 g/mol. The van der Waals surface area contributed by atoms with E-state index in [1.165, 1.54) is 35.0 Å². The van der Waals surface area contributed by atoms with Crippen molar-refractivity contribution in [3.63, 3.8) is 0 Å². The second-order valence-corrected chi connectivity index (χ2v) is 27.1. The molecule has 1 unspecified atom stereocenters. The highest BCUT2D eigenvalue weighted by Crippen LogP contribution is 2.44. The van der Waals surface area contributed by atoms with E-state index in [1.54, 1.807) is 48.7 Å². The predicted molar refractivity (Wildman–Crippen MR) is 345 cm³/mol. The number of nitro benzene ring substituents is 1. The Morgan fingerprint density at radius 2 is 1.62 bits per heavy atom. The molecule has 3 saturated heterocycles. The third-order valence-electron chi connectivity index (χ3n) is 18.1. The van der Waals surface area contributed by atoms with Crippen LogP contribution < -0.4 is 25.0 Å². The Bertz CT molecular complexity index is 3950. The van der Waals surface area contributed by atoms with Gasteiger partial charge in [0.25, 0.3) is 33.4 Å². The molecule has 22 heteroatoms. The topological polar surface area (TPSA) is 250 Å². The normalized spacial score (nSPS) is 18.3. The van der Waals surface area contributed by atoms with E-state index in [1.807, 2.05) is 18.2 Å². The summed E-state index contributed by atoms with van der Waals surface area (Å²) in [6.45, 7) is 11.8. The number of allylic oxidation sites excluding steroid dienone is 1. The lowest BCUT2D eigenvalue weighted by Gasteiger charge is -2.39. The SMILES string of the molecule is CC1(C)CCC(CN2CCN(c3ccc(C(=O)NS(=O)(=O)c4ccc(NCC5CCN(CCCCCCCCC#Cc6cccc7c6C(=O)N(C6CCC(=O)NC6=O)C7=O)CC5)c([N+](=O)[O-])c4)c(Oc4cnc5[nH]ccc5c4)c3)CC2)=C(c2ccc(Cl)cc2)C1. The molecule has 11 rings (SSSR count). The van der Waals surface area contributed by atoms with E-state index in [0.717, 1.165) is 137 Å². The zero-order valence-corrected chi connectivity index (χ0v) is 52.4. The van der Waals surface area contributed by atoms with Crippen LogP contribution >= 0.6 is 11.6 Å². The Morgan fingerprint density at radius 1 is 0.856 bits per heavy atom. The lowest BCUT2D eigenvalue weighted by molar-refractivity contribution is -0.384. The van der Waals surface area contributed by atoms with E-state index < -0.39 is 61.1 Å². The number of nitrogens with zero attached hydrogens (tertiary/aromatic N) is 6. The van der Waals surface area contributed by atoms with Crippen molar-refractivity contribution in [2.45, 2.75) is 115 Å². The molecule has 470 valence electrons. The number of nitrogens with one attached hydrogen (secondary N) is 4. The summed E-state index contributed by atoms with van der Waals surface area (Å²) in [5.41, 5.74) is 6.31. The van der Waals surface area contributed by atoms with E-state index in [2.05, 4.69) is 77.8 Å². The van der Waals surface area contributed by atoms with Crippen LogP contribution in [0.2, 0.25) is 5.02 Å². The van der Waals surface area contributed by atoms with Gasteiger partial charge in [-0.1, -0.05) is 86.7 Å². The number of piperidine rings is 2. The number of imide groups is 2. The van der Waals surface area contributed by atoms with Gasteiger partial charge in [0.15, 0.2) is 0 Å². The van der Waals surface area contributed by atoms with Crippen molar-refractivity contribution < 1.29 is 42.1 Å². The molecule has 0 saturated carbocycles. The molecule has 5 amide bonds. The fraction of sp³-hybridized carbons (Fsp3) is 0.412. The number of hydrogen-bond acceptors (Lipinski definition) is 15. The van der Waals surface area contributed by atoms with Crippen LogP contribution in [0.15, 0.2) is 114 Å². The Balaban J connectivity index is 0.636. The van der Waals surface area contributed by atoms with Crippen molar-refractivity contribution in [3.05, 3.63) is 152 Å². The van der Waals surface area contributed by atoms with Crippen LogP contribution in [0.3, 0.4) is 0 Å². The number of rotatable bonds is 22. The Labute approximate surface area is 529 Å². The molecule has 4 aliphatic heterocycles. The number of aromatic amines is 1. The number of aromatic nitrogens is 2. The number of likely N-dealkylation sites (tertiary alicyclic amines) is 1. The number of piperazine rings is 1. The number of H-pyrrole nitrogens is 1. The number of pyridine rings is 1. The molecule has 5 aliphatic rings. The number of fused-ring (bicyclic) bond motifs is 2. The molecule has 4 N–H and O–H groups in total. The predicted octanol–water partition coefficient (Wildman–Crippen LogP) is 11.1. The number of benzene rings is 4. The third-order valence-corrected chi connectivity index (χ3v) is 19.6. The fourth-order valence-electron chi connectivity index (χ4n) is 12.9. The van der Waals surface area contributed by atoms with Gasteiger partial charge >= 0.3 is 0 Å². The first kappa shape index (κ1) is 63.2. The lowest BCUT2D eigenvalue weighted by atomic mass is 9.72. The molecule has 4 aromatic carbocycles. The number of ether oxygens (including phenoxy) is 1. The molecular weight excluding hydrogens is 1180 g/mol. The average molecular weight is 1260 g/mol. The summed E-state index contributed by atoms with van der Waals surface area (Å²) in [5.74, 6) is 3.78. The van der Waals surface area contributed by atoms with Crippen molar-refractivity contribution in [3.8, 4) is 23.3 Å². The van der Waals surface area contributed by atoms with Gasteiger partial charge in [-0.05, 0) is 154 Å². The van der Waals surface area contributed by atoms with Crippen LogP contribution in [0.1, 0.15) is 146 Å². The molecule has 2 aromatic heterocycles. The molecule has 20 nitrogen and oxygen atoms in total. The number of sulfonamides is 1. The Kier molecular flexibility index (Phi) is 19.5. The van der Waals surface area contributed by atoms with Crippen LogP contribution in [0, 0.1) is 33.3 Å². The van der Waals surface area contributed by atoms with Crippen molar-refractivity contribution in [1.29, 1.82) is 0 Å². The maximum Gasteiger partial charge on any atom is 0.293 e. The maximum absolute atomic E-state index is 14.2. The summed E-state index contributed by atoms with van der Waals surface area (Å²) < 4.78 is 36.5. The number of carbonyl (C=O) groups excluding carboxylic acids is 5. The molecule has 1 atom stereocenters.